The summed E-state index contributed by atoms with van der Waals surface area (Å²) in [5.41, 5.74) is 15.6. The zero-order valence-corrected chi connectivity index (χ0v) is 22.0. The molecule has 4 heterocycles. The minimum absolute atomic E-state index is 0.173. The molecule has 0 aliphatic carbocycles. The van der Waals surface area contributed by atoms with Gasteiger partial charge in [-0.2, -0.15) is 5.10 Å². The Balaban J connectivity index is 1.44. The average Bonchev–Trinajstić information content (AvgIpc) is 3.33. The zero-order chi connectivity index (χ0) is 26.8. The summed E-state index contributed by atoms with van der Waals surface area (Å²) in [6, 6.07) is 12.5. The van der Waals surface area contributed by atoms with E-state index in [-0.39, 0.29) is 6.04 Å². The van der Waals surface area contributed by atoms with Crippen molar-refractivity contribution in [3.05, 3.63) is 96.6 Å². The van der Waals surface area contributed by atoms with Crippen molar-refractivity contribution >= 4 is 34.0 Å². The molecule has 0 amide bonds. The van der Waals surface area contributed by atoms with Crippen molar-refractivity contribution in [2.75, 3.05) is 18.4 Å². The van der Waals surface area contributed by atoms with Gasteiger partial charge in [0, 0.05) is 30.9 Å². The highest BCUT2D eigenvalue weighted by Gasteiger charge is 2.25. The normalized spacial score (nSPS) is 14.5. The summed E-state index contributed by atoms with van der Waals surface area (Å²) in [4.78, 5) is 16.3. The van der Waals surface area contributed by atoms with E-state index in [9.17, 15) is 0 Å². The predicted octanol–water partition coefficient (Wildman–Crippen LogP) is 5.31. The van der Waals surface area contributed by atoms with E-state index >= 15 is 0 Å². The molecule has 1 aliphatic heterocycles. The van der Waals surface area contributed by atoms with E-state index in [0.717, 1.165) is 58.2 Å². The number of pyridine rings is 2. The summed E-state index contributed by atoms with van der Waals surface area (Å²) in [7, 11) is 0. The Bertz CT molecular complexity index is 1590. The Hall–Kier alpha value is -4.56. The first kappa shape index (κ1) is 25.1. The number of aliphatic imine (C=N–C) groups is 1. The van der Waals surface area contributed by atoms with Gasteiger partial charge in [0.25, 0.3) is 0 Å². The van der Waals surface area contributed by atoms with Crippen LogP contribution in [0.2, 0.25) is 0 Å². The van der Waals surface area contributed by atoms with Gasteiger partial charge >= 0.3 is 0 Å². The maximum absolute atomic E-state index is 5.95. The number of aromatic amines is 1. The van der Waals surface area contributed by atoms with E-state index in [1.165, 1.54) is 5.56 Å². The fourth-order valence-electron chi connectivity index (χ4n) is 4.57. The molecule has 5 rings (SSSR count). The number of benzene rings is 1. The summed E-state index contributed by atoms with van der Waals surface area (Å²) < 4.78 is 0. The molecular formula is C30H32N8. The lowest BCUT2D eigenvalue weighted by Crippen LogP contribution is -2.57. The van der Waals surface area contributed by atoms with Crippen LogP contribution < -0.4 is 11.1 Å². The number of anilines is 1. The number of allylic oxidation sites excluding steroid dienone is 1. The van der Waals surface area contributed by atoms with Gasteiger partial charge in [0.1, 0.15) is 17.0 Å². The van der Waals surface area contributed by atoms with E-state index in [2.05, 4.69) is 76.7 Å². The van der Waals surface area contributed by atoms with Gasteiger partial charge in [0.05, 0.1) is 34.5 Å². The first-order valence-corrected chi connectivity index (χ1v) is 12.6. The SMILES string of the molecule is C=CC(=N/C(=C\C)c1ccc2[nH]nc(C(=C)Nc3cncc(-c4cccc(C)c4)c3C)c2n1)N1CC(N)C1. The minimum Gasteiger partial charge on any atom is -0.353 e. The van der Waals surface area contributed by atoms with Gasteiger partial charge in [0.15, 0.2) is 0 Å². The molecule has 0 saturated carbocycles. The number of aryl methyl sites for hydroxylation is 1. The van der Waals surface area contributed by atoms with Crippen LogP contribution in [0.4, 0.5) is 5.69 Å². The predicted molar refractivity (Wildman–Crippen MR) is 157 cm³/mol. The van der Waals surface area contributed by atoms with Crippen molar-refractivity contribution in [3.63, 3.8) is 0 Å². The van der Waals surface area contributed by atoms with E-state index in [1.807, 2.05) is 31.3 Å². The lowest BCUT2D eigenvalue weighted by molar-refractivity contribution is 0.256. The maximum Gasteiger partial charge on any atom is 0.134 e. The number of hydrogen-bond acceptors (Lipinski definition) is 6. The second-order valence-corrected chi connectivity index (χ2v) is 9.51. The molecule has 8 nitrogen and oxygen atoms in total. The van der Waals surface area contributed by atoms with Crippen LogP contribution in [-0.2, 0) is 0 Å². The first-order chi connectivity index (χ1) is 18.4. The van der Waals surface area contributed by atoms with Crippen LogP contribution in [0.15, 0.2) is 79.1 Å². The number of fused-ring (bicyclic) bond motifs is 1. The second-order valence-electron chi connectivity index (χ2n) is 9.51. The van der Waals surface area contributed by atoms with Crippen molar-refractivity contribution in [2.24, 2.45) is 10.7 Å². The summed E-state index contributed by atoms with van der Waals surface area (Å²) in [6.45, 7) is 15.8. The van der Waals surface area contributed by atoms with Crippen molar-refractivity contribution in [1.82, 2.24) is 25.1 Å². The summed E-state index contributed by atoms with van der Waals surface area (Å²) in [5.74, 6) is 0.789. The molecule has 4 aromatic rings. The Kier molecular flexibility index (Phi) is 6.89. The number of nitrogens with two attached hydrogens (primary N) is 1. The van der Waals surface area contributed by atoms with Gasteiger partial charge in [-0.25, -0.2) is 9.98 Å². The van der Waals surface area contributed by atoms with Crippen molar-refractivity contribution in [3.8, 4) is 11.1 Å². The number of amidine groups is 1. The molecule has 1 aromatic carbocycles. The number of rotatable bonds is 7. The summed E-state index contributed by atoms with van der Waals surface area (Å²) in [5, 5.41) is 11.0. The highest BCUT2D eigenvalue weighted by molar-refractivity contribution is 5.97. The Morgan fingerprint density at radius 1 is 1.21 bits per heavy atom. The third-order valence-electron chi connectivity index (χ3n) is 6.71. The number of H-pyrrole nitrogens is 1. The molecule has 0 spiro atoms. The molecule has 0 unspecified atom stereocenters. The van der Waals surface area contributed by atoms with E-state index in [4.69, 9.17) is 15.7 Å². The van der Waals surface area contributed by atoms with E-state index < -0.39 is 0 Å². The van der Waals surface area contributed by atoms with Crippen LogP contribution >= 0.6 is 0 Å². The highest BCUT2D eigenvalue weighted by Crippen LogP contribution is 2.31. The smallest absolute Gasteiger partial charge is 0.134 e. The highest BCUT2D eigenvalue weighted by atomic mass is 15.3. The number of likely N-dealkylation sites (tertiary alicyclic amines) is 1. The van der Waals surface area contributed by atoms with Gasteiger partial charge in [-0.1, -0.05) is 49.1 Å². The third kappa shape index (κ3) is 4.86. The molecule has 38 heavy (non-hydrogen) atoms. The Morgan fingerprint density at radius 3 is 2.74 bits per heavy atom. The summed E-state index contributed by atoms with van der Waals surface area (Å²) in [6.07, 6.45) is 7.39. The molecule has 1 fully saturated rings. The molecule has 0 atom stereocenters. The standard InChI is InChI=1S/C30H32N8/c1-6-24(34-28(7-2)38-16-22(31)17-38)25-11-12-26-30(35-25)29(37-36-26)20(5)33-27-15-32-14-23(19(27)4)21-10-8-9-18(3)13-21/h6-15,22,33H,2,5,16-17,31H2,1,3-4H3,(H,36,37)/b24-6-,34-28?. The maximum atomic E-state index is 5.95. The topological polar surface area (TPSA) is 108 Å². The molecular weight excluding hydrogens is 472 g/mol. The number of nitrogens with zero attached hydrogens (tertiary/aromatic N) is 5. The van der Waals surface area contributed by atoms with Crippen LogP contribution in [0.25, 0.3) is 33.6 Å². The largest absolute Gasteiger partial charge is 0.353 e. The Labute approximate surface area is 222 Å². The monoisotopic (exact) mass is 504 g/mol. The van der Waals surface area contributed by atoms with Gasteiger partial charge in [0.2, 0.25) is 0 Å². The fraction of sp³-hybridized carbons (Fsp3) is 0.200. The molecule has 1 aliphatic rings. The molecule has 192 valence electrons. The molecule has 1 saturated heterocycles. The Morgan fingerprint density at radius 2 is 2.03 bits per heavy atom. The van der Waals surface area contributed by atoms with Crippen LogP contribution in [0, 0.1) is 13.8 Å². The molecule has 0 bridgehead atoms. The quantitative estimate of drug-likeness (QED) is 0.233. The lowest BCUT2D eigenvalue weighted by atomic mass is 10.00. The first-order valence-electron chi connectivity index (χ1n) is 12.6. The van der Waals surface area contributed by atoms with Gasteiger partial charge < -0.3 is 16.0 Å². The minimum atomic E-state index is 0.173. The lowest BCUT2D eigenvalue weighted by Gasteiger charge is -2.38. The van der Waals surface area contributed by atoms with Gasteiger partial charge in [-0.05, 0) is 50.1 Å². The van der Waals surface area contributed by atoms with Gasteiger partial charge in [-0.3, -0.25) is 10.1 Å². The number of aromatic nitrogens is 4. The average molecular weight is 505 g/mol. The van der Waals surface area contributed by atoms with Crippen LogP contribution in [0.1, 0.15) is 29.4 Å². The fourth-order valence-corrected chi connectivity index (χ4v) is 4.57. The van der Waals surface area contributed by atoms with Crippen LogP contribution in [0.5, 0.6) is 0 Å². The van der Waals surface area contributed by atoms with Crippen molar-refractivity contribution in [2.45, 2.75) is 26.8 Å². The van der Waals surface area contributed by atoms with E-state index in [0.29, 0.717) is 16.9 Å². The van der Waals surface area contributed by atoms with Crippen molar-refractivity contribution < 1.29 is 0 Å². The number of hydrogen-bond donors (Lipinski definition) is 3. The van der Waals surface area contributed by atoms with E-state index in [1.54, 1.807) is 12.3 Å². The summed E-state index contributed by atoms with van der Waals surface area (Å²) >= 11 is 0. The van der Waals surface area contributed by atoms with Crippen LogP contribution in [0.3, 0.4) is 0 Å². The molecule has 4 N–H and O–H groups in total. The zero-order valence-electron chi connectivity index (χ0n) is 22.0. The molecule has 8 heteroatoms. The molecule has 0 radical (unpaired) electrons. The number of nitrogens with one attached hydrogen (secondary N) is 2. The van der Waals surface area contributed by atoms with Gasteiger partial charge in [-0.15, -0.1) is 0 Å². The second kappa shape index (κ2) is 10.4. The van der Waals surface area contributed by atoms with Crippen molar-refractivity contribution in [1.29, 1.82) is 0 Å². The van der Waals surface area contributed by atoms with Crippen LogP contribution in [-0.4, -0.2) is 50.0 Å². The molecule has 3 aromatic heterocycles. The third-order valence-corrected chi connectivity index (χ3v) is 6.71.